The molecule has 0 heterocycles. The highest BCUT2D eigenvalue weighted by Gasteiger charge is 2.28. The van der Waals surface area contributed by atoms with Crippen LogP contribution in [0.4, 0.5) is 0 Å². The molecule has 6 nitrogen and oxygen atoms in total. The average molecular weight is 390 g/mol. The first-order chi connectivity index (χ1) is 14.1. The molecule has 0 saturated carbocycles. The van der Waals surface area contributed by atoms with Crippen molar-refractivity contribution in [3.8, 4) is 5.75 Å². The topological polar surface area (TPSA) is 87.7 Å². The zero-order valence-corrected chi connectivity index (χ0v) is 15.9. The van der Waals surface area contributed by atoms with Gasteiger partial charge >= 0.3 is 0 Å². The van der Waals surface area contributed by atoms with Crippen molar-refractivity contribution in [2.45, 2.75) is 12.0 Å². The first-order valence-corrected chi connectivity index (χ1v) is 9.12. The van der Waals surface area contributed by atoms with Gasteiger partial charge in [0.25, 0.3) is 5.91 Å². The van der Waals surface area contributed by atoms with E-state index in [-0.39, 0.29) is 5.91 Å². The molecular formula is C23H22N2O4. The molecule has 148 valence electrons. The zero-order chi connectivity index (χ0) is 20.6. The fourth-order valence-electron chi connectivity index (χ4n) is 3.17. The minimum Gasteiger partial charge on any atom is -0.497 e. The standard InChI is InChI=1S/C23H22N2O4/c1-29-19-14-12-18(13-15-19)21(23(27)25-28)24-22(26)20(16-8-4-2-5-9-16)17-10-6-3-7-11-17/h2-15,20-21,28H,1H3,(H,24,26)(H,25,27)/t21-/m1/s1. The number of hydroxylamine groups is 1. The summed E-state index contributed by atoms with van der Waals surface area (Å²) in [6, 6.07) is 24.3. The number of amides is 2. The predicted octanol–water partition coefficient (Wildman–Crippen LogP) is 3.19. The van der Waals surface area contributed by atoms with E-state index in [2.05, 4.69) is 5.32 Å². The van der Waals surface area contributed by atoms with Crippen LogP contribution in [0.1, 0.15) is 28.7 Å². The number of benzene rings is 3. The Labute approximate surface area is 169 Å². The van der Waals surface area contributed by atoms with Crippen molar-refractivity contribution in [2.75, 3.05) is 7.11 Å². The van der Waals surface area contributed by atoms with Gasteiger partial charge in [0.2, 0.25) is 5.91 Å². The Hall–Kier alpha value is -3.64. The summed E-state index contributed by atoms with van der Waals surface area (Å²) in [6.45, 7) is 0. The lowest BCUT2D eigenvalue weighted by molar-refractivity contribution is -0.135. The van der Waals surface area contributed by atoms with Crippen molar-refractivity contribution in [1.82, 2.24) is 10.8 Å². The fraction of sp³-hybridized carbons (Fsp3) is 0.130. The molecule has 0 bridgehead atoms. The van der Waals surface area contributed by atoms with E-state index < -0.39 is 17.9 Å². The van der Waals surface area contributed by atoms with Gasteiger partial charge in [-0.2, -0.15) is 0 Å². The van der Waals surface area contributed by atoms with Crippen molar-refractivity contribution in [2.24, 2.45) is 0 Å². The molecule has 0 aliphatic heterocycles. The molecule has 0 aliphatic rings. The van der Waals surface area contributed by atoms with Gasteiger partial charge in [-0.1, -0.05) is 72.8 Å². The molecule has 2 amide bonds. The number of carbonyl (C=O) groups excluding carboxylic acids is 2. The molecule has 3 N–H and O–H groups in total. The van der Waals surface area contributed by atoms with Crippen LogP contribution in [0.3, 0.4) is 0 Å². The lowest BCUT2D eigenvalue weighted by atomic mass is 9.90. The molecule has 0 fully saturated rings. The number of ether oxygens (including phenoxy) is 1. The molecular weight excluding hydrogens is 368 g/mol. The highest BCUT2D eigenvalue weighted by molar-refractivity contribution is 5.92. The Morgan fingerprint density at radius 3 is 1.72 bits per heavy atom. The Kier molecular flexibility index (Phi) is 6.60. The number of hydrogen-bond donors (Lipinski definition) is 3. The van der Waals surface area contributed by atoms with Gasteiger partial charge in [-0.15, -0.1) is 0 Å². The van der Waals surface area contributed by atoms with E-state index in [0.717, 1.165) is 11.1 Å². The third-order valence-electron chi connectivity index (χ3n) is 4.64. The van der Waals surface area contributed by atoms with Gasteiger partial charge < -0.3 is 10.1 Å². The highest BCUT2D eigenvalue weighted by atomic mass is 16.5. The Morgan fingerprint density at radius 2 is 1.28 bits per heavy atom. The molecule has 3 aromatic rings. The first kappa shape index (κ1) is 20.1. The van der Waals surface area contributed by atoms with Crippen LogP contribution < -0.4 is 15.5 Å². The first-order valence-electron chi connectivity index (χ1n) is 9.12. The maximum Gasteiger partial charge on any atom is 0.270 e. The minimum absolute atomic E-state index is 0.355. The summed E-state index contributed by atoms with van der Waals surface area (Å²) in [7, 11) is 1.54. The highest BCUT2D eigenvalue weighted by Crippen LogP contribution is 2.26. The van der Waals surface area contributed by atoms with Gasteiger partial charge in [0, 0.05) is 0 Å². The molecule has 0 saturated heterocycles. The third kappa shape index (κ3) is 4.80. The maximum absolute atomic E-state index is 13.3. The van der Waals surface area contributed by atoms with Gasteiger partial charge in [-0.25, -0.2) is 5.48 Å². The van der Waals surface area contributed by atoms with Crippen molar-refractivity contribution >= 4 is 11.8 Å². The van der Waals surface area contributed by atoms with Crippen molar-refractivity contribution in [3.63, 3.8) is 0 Å². The van der Waals surface area contributed by atoms with Gasteiger partial charge in [0.15, 0.2) is 0 Å². The predicted molar refractivity (Wildman–Crippen MR) is 109 cm³/mol. The maximum atomic E-state index is 13.3. The summed E-state index contributed by atoms with van der Waals surface area (Å²) in [5.74, 6) is -1.07. The SMILES string of the molecule is COc1ccc([C@@H](NC(=O)C(c2ccccc2)c2ccccc2)C(=O)NO)cc1. The molecule has 1 atom stereocenters. The molecule has 29 heavy (non-hydrogen) atoms. The van der Waals surface area contributed by atoms with Crippen molar-refractivity contribution in [1.29, 1.82) is 0 Å². The van der Waals surface area contributed by atoms with E-state index in [1.54, 1.807) is 36.9 Å². The Bertz CT molecular complexity index is 904. The van der Waals surface area contributed by atoms with E-state index >= 15 is 0 Å². The lowest BCUT2D eigenvalue weighted by Crippen LogP contribution is -2.41. The second-order valence-corrected chi connectivity index (χ2v) is 6.45. The summed E-state index contributed by atoms with van der Waals surface area (Å²) in [4.78, 5) is 25.6. The Morgan fingerprint density at radius 1 is 0.759 bits per heavy atom. The minimum atomic E-state index is -1.06. The van der Waals surface area contributed by atoms with Crippen LogP contribution in [0.25, 0.3) is 0 Å². The molecule has 3 rings (SSSR count). The molecule has 0 aromatic heterocycles. The summed E-state index contributed by atoms with van der Waals surface area (Å²) < 4.78 is 5.13. The molecule has 3 aromatic carbocycles. The monoisotopic (exact) mass is 390 g/mol. The van der Waals surface area contributed by atoms with Crippen LogP contribution in [-0.4, -0.2) is 24.1 Å². The van der Waals surface area contributed by atoms with E-state index in [9.17, 15) is 14.8 Å². The van der Waals surface area contributed by atoms with Gasteiger partial charge in [0.1, 0.15) is 11.8 Å². The second kappa shape index (κ2) is 9.52. The van der Waals surface area contributed by atoms with E-state index in [0.29, 0.717) is 11.3 Å². The number of hydrogen-bond acceptors (Lipinski definition) is 4. The van der Waals surface area contributed by atoms with E-state index in [1.807, 2.05) is 60.7 Å². The lowest BCUT2D eigenvalue weighted by Gasteiger charge is -2.22. The average Bonchev–Trinajstić information content (AvgIpc) is 2.78. The molecule has 0 unspecified atom stereocenters. The van der Waals surface area contributed by atoms with E-state index in [4.69, 9.17) is 4.74 Å². The number of carbonyl (C=O) groups is 2. The van der Waals surface area contributed by atoms with Gasteiger partial charge in [-0.3, -0.25) is 14.8 Å². The van der Waals surface area contributed by atoms with Gasteiger partial charge in [-0.05, 0) is 28.8 Å². The number of nitrogens with one attached hydrogen (secondary N) is 2. The van der Waals surface area contributed by atoms with Crippen LogP contribution in [0.5, 0.6) is 5.75 Å². The van der Waals surface area contributed by atoms with Crippen LogP contribution in [0.15, 0.2) is 84.9 Å². The smallest absolute Gasteiger partial charge is 0.270 e. The van der Waals surface area contributed by atoms with Crippen LogP contribution >= 0.6 is 0 Å². The van der Waals surface area contributed by atoms with Crippen LogP contribution in [-0.2, 0) is 9.59 Å². The van der Waals surface area contributed by atoms with Gasteiger partial charge in [0.05, 0.1) is 13.0 Å². The summed E-state index contributed by atoms with van der Waals surface area (Å²) in [6.07, 6.45) is 0. The molecule has 0 aliphatic carbocycles. The normalized spacial score (nSPS) is 11.6. The summed E-state index contributed by atoms with van der Waals surface area (Å²) in [5, 5.41) is 11.9. The van der Waals surface area contributed by atoms with Crippen LogP contribution in [0, 0.1) is 0 Å². The van der Waals surface area contributed by atoms with Crippen molar-refractivity contribution in [3.05, 3.63) is 102 Å². The molecule has 0 spiro atoms. The number of rotatable bonds is 7. The third-order valence-corrected chi connectivity index (χ3v) is 4.64. The largest absolute Gasteiger partial charge is 0.497 e. The summed E-state index contributed by atoms with van der Waals surface area (Å²) >= 11 is 0. The molecule has 6 heteroatoms. The fourth-order valence-corrected chi connectivity index (χ4v) is 3.17. The second-order valence-electron chi connectivity index (χ2n) is 6.45. The quantitative estimate of drug-likeness (QED) is 0.427. The van der Waals surface area contributed by atoms with E-state index in [1.165, 1.54) is 0 Å². The number of methoxy groups -OCH3 is 1. The Balaban J connectivity index is 1.94. The van der Waals surface area contributed by atoms with Crippen LogP contribution in [0.2, 0.25) is 0 Å². The molecule has 0 radical (unpaired) electrons. The van der Waals surface area contributed by atoms with Crippen molar-refractivity contribution < 1.29 is 19.5 Å². The summed E-state index contributed by atoms with van der Waals surface area (Å²) in [5.41, 5.74) is 3.75. The zero-order valence-electron chi connectivity index (χ0n) is 15.9.